The van der Waals surface area contributed by atoms with E-state index in [0.29, 0.717) is 5.92 Å². The molecule has 0 fully saturated rings. The highest BCUT2D eigenvalue weighted by molar-refractivity contribution is 4.87. The summed E-state index contributed by atoms with van der Waals surface area (Å²) < 4.78 is 0. The fourth-order valence-corrected chi connectivity index (χ4v) is 2.24. The zero-order valence-corrected chi connectivity index (χ0v) is 10.0. The van der Waals surface area contributed by atoms with Crippen LogP contribution in [0.1, 0.15) is 47.5 Å². The maximum Gasteiger partial charge on any atom is -0.0182 e. The third kappa shape index (κ3) is 3.97. The quantitative estimate of drug-likeness (QED) is 0.530. The molecule has 0 aromatic rings. The molecule has 0 aliphatic carbocycles. The molecule has 0 spiro atoms. The Morgan fingerprint density at radius 2 is 1.62 bits per heavy atom. The lowest BCUT2D eigenvalue weighted by atomic mass is 9.75. The van der Waals surface area contributed by atoms with E-state index in [1.165, 1.54) is 12.8 Å². The number of rotatable bonds is 6. The topological polar surface area (TPSA) is 0 Å². The van der Waals surface area contributed by atoms with E-state index < -0.39 is 0 Å². The van der Waals surface area contributed by atoms with Gasteiger partial charge in [0.25, 0.3) is 0 Å². The number of hydrogen-bond acceptors (Lipinski definition) is 0. The van der Waals surface area contributed by atoms with Gasteiger partial charge < -0.3 is 0 Å². The molecule has 13 heavy (non-hydrogen) atoms. The molecule has 0 saturated carbocycles. The fourth-order valence-electron chi connectivity index (χ4n) is 2.24. The molecule has 0 aromatic carbocycles. The van der Waals surface area contributed by atoms with Gasteiger partial charge in [0.05, 0.1) is 0 Å². The van der Waals surface area contributed by atoms with Gasteiger partial charge in [-0.15, -0.1) is 6.58 Å². The second-order valence-corrected chi connectivity index (χ2v) is 4.75. The molecule has 2 atom stereocenters. The van der Waals surface area contributed by atoms with Gasteiger partial charge in [-0.05, 0) is 30.1 Å². The van der Waals surface area contributed by atoms with Crippen molar-refractivity contribution >= 4 is 0 Å². The Balaban J connectivity index is 4.38. The third-order valence-electron chi connectivity index (χ3n) is 3.01. The molecule has 0 bridgehead atoms. The van der Waals surface area contributed by atoms with Gasteiger partial charge in [0.15, 0.2) is 0 Å². The van der Waals surface area contributed by atoms with Crippen LogP contribution in [0.4, 0.5) is 0 Å². The molecule has 78 valence electrons. The summed E-state index contributed by atoms with van der Waals surface area (Å²) in [5.41, 5.74) is 0. The molecule has 0 saturated heterocycles. The van der Waals surface area contributed by atoms with Crippen LogP contribution in [0, 0.1) is 23.7 Å². The molecule has 0 rings (SSSR count). The minimum Gasteiger partial charge on any atom is -0.103 e. The second-order valence-electron chi connectivity index (χ2n) is 4.75. The maximum absolute atomic E-state index is 3.97. The van der Waals surface area contributed by atoms with E-state index in [4.69, 9.17) is 0 Å². The van der Waals surface area contributed by atoms with Crippen molar-refractivity contribution in [3.05, 3.63) is 12.7 Å². The van der Waals surface area contributed by atoms with Crippen LogP contribution in [-0.4, -0.2) is 0 Å². The van der Waals surface area contributed by atoms with Gasteiger partial charge in [-0.25, -0.2) is 0 Å². The van der Waals surface area contributed by atoms with E-state index in [-0.39, 0.29) is 0 Å². The van der Waals surface area contributed by atoms with E-state index in [1.807, 2.05) is 0 Å². The summed E-state index contributed by atoms with van der Waals surface area (Å²) in [6.45, 7) is 15.5. The first-order chi connectivity index (χ1) is 6.04. The minimum atomic E-state index is 0.694. The molecule has 0 N–H and O–H groups in total. The summed E-state index contributed by atoms with van der Waals surface area (Å²) in [4.78, 5) is 0. The van der Waals surface area contributed by atoms with Crippen LogP contribution in [0.2, 0.25) is 0 Å². The minimum absolute atomic E-state index is 0.694. The van der Waals surface area contributed by atoms with E-state index in [0.717, 1.165) is 17.8 Å². The van der Waals surface area contributed by atoms with Crippen LogP contribution in [0.15, 0.2) is 12.7 Å². The normalized spacial score (nSPS) is 16.2. The van der Waals surface area contributed by atoms with Crippen LogP contribution in [0.5, 0.6) is 0 Å². The van der Waals surface area contributed by atoms with Crippen molar-refractivity contribution in [2.45, 2.75) is 47.5 Å². The Hall–Kier alpha value is -0.260. The monoisotopic (exact) mass is 182 g/mol. The summed E-state index contributed by atoms with van der Waals surface area (Å²) in [5, 5.41) is 0. The van der Waals surface area contributed by atoms with Crippen LogP contribution >= 0.6 is 0 Å². The average molecular weight is 182 g/mol. The zero-order valence-electron chi connectivity index (χ0n) is 10.0. The lowest BCUT2D eigenvalue weighted by Crippen LogP contribution is -2.22. The Bertz CT molecular complexity index is 133. The first-order valence-electron chi connectivity index (χ1n) is 5.67. The molecular weight excluding hydrogens is 156 g/mol. The Labute approximate surface area is 84.4 Å². The Kier molecular flexibility index (Phi) is 6.11. The van der Waals surface area contributed by atoms with Crippen LogP contribution in [0.3, 0.4) is 0 Å². The SMILES string of the molecule is C=CC(C(C)C)C(CCC)C(C)C. The molecule has 0 heterocycles. The second kappa shape index (κ2) is 6.23. The number of allylic oxidation sites excluding steroid dienone is 1. The molecule has 0 aliphatic heterocycles. The van der Waals surface area contributed by atoms with Crippen LogP contribution < -0.4 is 0 Å². The maximum atomic E-state index is 3.97. The fraction of sp³-hybridized carbons (Fsp3) is 0.846. The lowest BCUT2D eigenvalue weighted by molar-refractivity contribution is 0.226. The van der Waals surface area contributed by atoms with Crippen molar-refractivity contribution in [3.8, 4) is 0 Å². The Morgan fingerprint density at radius 3 is 1.85 bits per heavy atom. The lowest BCUT2D eigenvalue weighted by Gasteiger charge is -2.30. The van der Waals surface area contributed by atoms with Crippen molar-refractivity contribution in [2.24, 2.45) is 23.7 Å². The van der Waals surface area contributed by atoms with Crippen molar-refractivity contribution in [1.82, 2.24) is 0 Å². The highest BCUT2D eigenvalue weighted by atomic mass is 14.3. The van der Waals surface area contributed by atoms with Gasteiger partial charge in [-0.2, -0.15) is 0 Å². The Morgan fingerprint density at radius 1 is 1.08 bits per heavy atom. The number of hydrogen-bond donors (Lipinski definition) is 0. The van der Waals surface area contributed by atoms with Crippen molar-refractivity contribution in [1.29, 1.82) is 0 Å². The van der Waals surface area contributed by atoms with Crippen molar-refractivity contribution < 1.29 is 0 Å². The molecule has 2 unspecified atom stereocenters. The summed E-state index contributed by atoms with van der Waals surface area (Å²) in [7, 11) is 0. The van der Waals surface area contributed by atoms with E-state index in [1.54, 1.807) is 0 Å². The summed E-state index contributed by atoms with van der Waals surface area (Å²) >= 11 is 0. The standard InChI is InChI=1S/C13H26/c1-7-9-13(11(5)6)12(8-2)10(3)4/h8,10-13H,2,7,9H2,1,3-6H3. The summed E-state index contributed by atoms with van der Waals surface area (Å²) in [6.07, 6.45) is 4.79. The zero-order chi connectivity index (χ0) is 10.4. The van der Waals surface area contributed by atoms with E-state index in [9.17, 15) is 0 Å². The molecule has 0 radical (unpaired) electrons. The highest BCUT2D eigenvalue weighted by Gasteiger charge is 2.23. The third-order valence-corrected chi connectivity index (χ3v) is 3.01. The molecule has 0 aliphatic rings. The van der Waals surface area contributed by atoms with E-state index in [2.05, 4.69) is 47.3 Å². The summed E-state index contributed by atoms with van der Waals surface area (Å²) in [5.74, 6) is 3.03. The van der Waals surface area contributed by atoms with Gasteiger partial charge in [-0.1, -0.05) is 47.1 Å². The predicted molar refractivity (Wildman–Crippen MR) is 61.8 cm³/mol. The average Bonchev–Trinajstić information content (AvgIpc) is 2.03. The molecule has 0 heteroatoms. The van der Waals surface area contributed by atoms with Crippen molar-refractivity contribution in [3.63, 3.8) is 0 Å². The van der Waals surface area contributed by atoms with Gasteiger partial charge in [0.1, 0.15) is 0 Å². The van der Waals surface area contributed by atoms with Gasteiger partial charge >= 0.3 is 0 Å². The first-order valence-corrected chi connectivity index (χ1v) is 5.67. The van der Waals surface area contributed by atoms with Gasteiger partial charge in [-0.3, -0.25) is 0 Å². The first kappa shape index (κ1) is 12.7. The van der Waals surface area contributed by atoms with Crippen LogP contribution in [0.25, 0.3) is 0 Å². The smallest absolute Gasteiger partial charge is 0.0182 e. The van der Waals surface area contributed by atoms with E-state index >= 15 is 0 Å². The summed E-state index contributed by atoms with van der Waals surface area (Å²) in [6, 6.07) is 0. The molecule has 0 nitrogen and oxygen atoms in total. The van der Waals surface area contributed by atoms with Crippen LogP contribution in [-0.2, 0) is 0 Å². The molecule has 0 amide bonds. The van der Waals surface area contributed by atoms with Crippen molar-refractivity contribution in [2.75, 3.05) is 0 Å². The van der Waals surface area contributed by atoms with Gasteiger partial charge in [0, 0.05) is 0 Å². The molecule has 0 aromatic heterocycles. The predicted octanol–water partition coefficient (Wildman–Crippen LogP) is 4.52. The largest absolute Gasteiger partial charge is 0.103 e. The highest BCUT2D eigenvalue weighted by Crippen LogP contribution is 2.31. The molecular formula is C13H26. The van der Waals surface area contributed by atoms with Gasteiger partial charge in [0.2, 0.25) is 0 Å².